The van der Waals surface area contributed by atoms with Crippen molar-refractivity contribution in [2.45, 2.75) is 0 Å². The van der Waals surface area contributed by atoms with Crippen molar-refractivity contribution in [3.8, 4) is 0 Å². The van der Waals surface area contributed by atoms with E-state index in [0.717, 1.165) is 61.1 Å². The molecule has 0 unspecified atom stereocenters. The molecule has 4 heterocycles. The van der Waals surface area contributed by atoms with Gasteiger partial charge in [0.15, 0.2) is 5.01 Å². The number of fused-ring (bicyclic) bond motifs is 1. The monoisotopic (exact) mass is 423 g/mol. The Labute approximate surface area is 179 Å². The minimum Gasteiger partial charge on any atom is -0.354 e. The number of anilines is 2. The maximum absolute atomic E-state index is 12.9. The topological polar surface area (TPSA) is 68.7 Å². The van der Waals surface area contributed by atoms with Crippen LogP contribution >= 0.6 is 11.3 Å². The van der Waals surface area contributed by atoms with E-state index in [9.17, 15) is 4.79 Å². The molecule has 1 aromatic carbocycles. The van der Waals surface area contributed by atoms with Crippen LogP contribution in [0.2, 0.25) is 0 Å². The summed E-state index contributed by atoms with van der Waals surface area (Å²) in [4.78, 5) is 35.2. The maximum Gasteiger partial charge on any atom is 0.282 e. The van der Waals surface area contributed by atoms with Crippen LogP contribution in [0.4, 0.5) is 11.6 Å². The number of amides is 1. The highest BCUT2D eigenvalue weighted by Crippen LogP contribution is 2.24. The molecule has 0 radical (unpaired) electrons. The van der Waals surface area contributed by atoms with Gasteiger partial charge in [-0.15, -0.1) is 11.3 Å². The van der Waals surface area contributed by atoms with Gasteiger partial charge in [0.2, 0.25) is 0 Å². The predicted octanol–water partition coefficient (Wildman–Crippen LogP) is 1.80. The van der Waals surface area contributed by atoms with Gasteiger partial charge >= 0.3 is 0 Å². The Kier molecular flexibility index (Phi) is 5.22. The van der Waals surface area contributed by atoms with Gasteiger partial charge in [0.25, 0.3) is 5.91 Å². The lowest BCUT2D eigenvalue weighted by atomic mass is 10.3. The molecule has 1 amide bonds. The molecule has 0 N–H and O–H groups in total. The van der Waals surface area contributed by atoms with Crippen molar-refractivity contribution >= 4 is 39.1 Å². The van der Waals surface area contributed by atoms with E-state index >= 15 is 0 Å². The van der Waals surface area contributed by atoms with Crippen molar-refractivity contribution in [3.05, 3.63) is 41.7 Å². The van der Waals surface area contributed by atoms with Crippen molar-refractivity contribution in [3.63, 3.8) is 0 Å². The fourth-order valence-electron chi connectivity index (χ4n) is 3.96. The van der Waals surface area contributed by atoms with Crippen molar-refractivity contribution in [1.29, 1.82) is 0 Å². The van der Waals surface area contributed by atoms with E-state index in [2.05, 4.69) is 42.8 Å². The number of rotatable bonds is 3. The predicted molar refractivity (Wildman–Crippen MR) is 119 cm³/mol. The first-order chi connectivity index (χ1) is 14.7. The van der Waals surface area contributed by atoms with Gasteiger partial charge in [-0.2, -0.15) is 0 Å². The number of carbonyl (C=O) groups is 1. The standard InChI is InChI=1S/C21H25N7OS/c1-25-6-8-26(9-7-25)18-14-19(23-15-22-18)27-10-12-28(13-11-27)21(29)20-24-16-4-2-3-5-17(16)30-20/h2-5,14-15H,6-13H2,1H3. The molecule has 2 aliphatic heterocycles. The molecule has 0 saturated carbocycles. The smallest absolute Gasteiger partial charge is 0.282 e. The molecule has 0 atom stereocenters. The van der Waals surface area contributed by atoms with E-state index in [0.29, 0.717) is 18.1 Å². The second kappa shape index (κ2) is 8.16. The summed E-state index contributed by atoms with van der Waals surface area (Å²) in [5, 5.41) is 0.573. The van der Waals surface area contributed by atoms with Gasteiger partial charge in [-0.1, -0.05) is 12.1 Å². The highest BCUT2D eigenvalue weighted by molar-refractivity contribution is 7.20. The Morgan fingerprint density at radius 3 is 2.20 bits per heavy atom. The fourth-order valence-corrected chi connectivity index (χ4v) is 4.89. The highest BCUT2D eigenvalue weighted by Gasteiger charge is 2.25. The van der Waals surface area contributed by atoms with Gasteiger partial charge < -0.3 is 19.6 Å². The third-order valence-corrected chi connectivity index (χ3v) is 6.86. The van der Waals surface area contributed by atoms with Crippen LogP contribution < -0.4 is 9.80 Å². The summed E-state index contributed by atoms with van der Waals surface area (Å²) in [7, 11) is 2.15. The van der Waals surface area contributed by atoms with E-state index in [1.54, 1.807) is 6.33 Å². The molecule has 0 bridgehead atoms. The zero-order chi connectivity index (χ0) is 20.5. The average molecular weight is 424 g/mol. The Hall–Kier alpha value is -2.78. The number of likely N-dealkylation sites (N-methyl/N-ethyl adjacent to an activating group) is 1. The Bertz CT molecular complexity index is 1010. The minimum absolute atomic E-state index is 0.0247. The van der Waals surface area contributed by atoms with Crippen LogP contribution in [0.15, 0.2) is 36.7 Å². The van der Waals surface area contributed by atoms with Crippen molar-refractivity contribution < 1.29 is 4.79 Å². The summed E-state index contributed by atoms with van der Waals surface area (Å²) in [5.74, 6) is 1.95. The number of piperazine rings is 2. The van der Waals surface area contributed by atoms with Crippen molar-refractivity contribution in [2.24, 2.45) is 0 Å². The summed E-state index contributed by atoms with van der Waals surface area (Å²) < 4.78 is 1.05. The molecule has 8 nitrogen and oxygen atoms in total. The van der Waals surface area contributed by atoms with Gasteiger partial charge in [-0.25, -0.2) is 15.0 Å². The molecular weight excluding hydrogens is 398 g/mol. The van der Waals surface area contributed by atoms with Crippen LogP contribution in [-0.2, 0) is 0 Å². The fraction of sp³-hybridized carbons (Fsp3) is 0.429. The van der Waals surface area contributed by atoms with Gasteiger partial charge in [0, 0.05) is 58.4 Å². The maximum atomic E-state index is 12.9. The minimum atomic E-state index is 0.0247. The molecule has 3 aromatic rings. The number of benzene rings is 1. The van der Waals surface area contributed by atoms with E-state index in [1.165, 1.54) is 11.3 Å². The van der Waals surface area contributed by atoms with E-state index < -0.39 is 0 Å². The van der Waals surface area contributed by atoms with Crippen LogP contribution in [0.1, 0.15) is 9.80 Å². The second-order valence-electron chi connectivity index (χ2n) is 7.79. The first-order valence-electron chi connectivity index (χ1n) is 10.3. The molecular formula is C21H25N7OS. The highest BCUT2D eigenvalue weighted by atomic mass is 32.1. The molecule has 30 heavy (non-hydrogen) atoms. The number of nitrogens with zero attached hydrogens (tertiary/aromatic N) is 7. The molecule has 5 rings (SSSR count). The molecule has 2 saturated heterocycles. The van der Waals surface area contributed by atoms with Crippen LogP contribution in [-0.4, -0.2) is 90.1 Å². The summed E-state index contributed by atoms with van der Waals surface area (Å²) in [6, 6.07) is 9.97. The summed E-state index contributed by atoms with van der Waals surface area (Å²) in [6.07, 6.45) is 1.65. The number of hydrogen-bond donors (Lipinski definition) is 0. The average Bonchev–Trinajstić information content (AvgIpc) is 3.24. The molecule has 2 aromatic heterocycles. The molecule has 2 fully saturated rings. The zero-order valence-electron chi connectivity index (χ0n) is 17.1. The summed E-state index contributed by atoms with van der Waals surface area (Å²) in [5.41, 5.74) is 0.891. The largest absolute Gasteiger partial charge is 0.354 e. The lowest BCUT2D eigenvalue weighted by Crippen LogP contribution is -2.49. The summed E-state index contributed by atoms with van der Waals surface area (Å²) in [6.45, 7) is 6.92. The zero-order valence-corrected chi connectivity index (χ0v) is 17.9. The lowest BCUT2D eigenvalue weighted by Gasteiger charge is -2.36. The van der Waals surface area contributed by atoms with E-state index in [1.807, 2.05) is 29.2 Å². The quantitative estimate of drug-likeness (QED) is 0.636. The van der Waals surface area contributed by atoms with Crippen molar-refractivity contribution in [2.75, 3.05) is 69.2 Å². The number of thiazole rings is 1. The van der Waals surface area contributed by atoms with E-state index in [4.69, 9.17) is 0 Å². The molecule has 9 heteroatoms. The number of carbonyl (C=O) groups excluding carboxylic acids is 1. The SMILES string of the molecule is CN1CCN(c2cc(N3CCN(C(=O)c4nc5ccccc5s4)CC3)ncn2)CC1. The molecule has 0 spiro atoms. The van der Waals surface area contributed by atoms with Crippen LogP contribution in [0.3, 0.4) is 0 Å². The first kappa shape index (κ1) is 19.2. The third-order valence-electron chi connectivity index (χ3n) is 5.83. The first-order valence-corrected chi connectivity index (χ1v) is 11.1. The second-order valence-corrected chi connectivity index (χ2v) is 8.82. The van der Waals surface area contributed by atoms with Crippen LogP contribution in [0, 0.1) is 0 Å². The number of para-hydroxylation sites is 1. The molecule has 0 aliphatic carbocycles. The summed E-state index contributed by atoms with van der Waals surface area (Å²) >= 11 is 1.47. The molecule has 156 valence electrons. The third kappa shape index (κ3) is 3.82. The normalized spacial score (nSPS) is 18.2. The van der Waals surface area contributed by atoms with Crippen molar-refractivity contribution in [1.82, 2.24) is 24.8 Å². The van der Waals surface area contributed by atoms with Gasteiger partial charge in [-0.3, -0.25) is 4.79 Å². The van der Waals surface area contributed by atoms with Crippen LogP contribution in [0.5, 0.6) is 0 Å². The van der Waals surface area contributed by atoms with Crippen LogP contribution in [0.25, 0.3) is 10.2 Å². The Morgan fingerprint density at radius 2 is 1.53 bits per heavy atom. The Balaban J connectivity index is 1.23. The van der Waals surface area contributed by atoms with Gasteiger partial charge in [-0.05, 0) is 19.2 Å². The lowest BCUT2D eigenvalue weighted by molar-refractivity contribution is 0.0746. The number of hydrogen-bond acceptors (Lipinski definition) is 8. The van der Waals surface area contributed by atoms with Gasteiger partial charge in [0.05, 0.1) is 10.2 Å². The number of aromatic nitrogens is 3. The Morgan fingerprint density at radius 1 is 0.900 bits per heavy atom. The van der Waals surface area contributed by atoms with Gasteiger partial charge in [0.1, 0.15) is 18.0 Å². The molecule has 2 aliphatic rings. The van der Waals surface area contributed by atoms with E-state index in [-0.39, 0.29) is 5.91 Å².